The number of carbonyl (C=O) groups is 1. The van der Waals surface area contributed by atoms with Gasteiger partial charge in [-0.15, -0.1) is 0 Å². The van der Waals surface area contributed by atoms with E-state index >= 15 is 0 Å². The SMILES string of the molecule is O=C(Nc1cnn(C23CC4CC(CC(C4)C2)C3)c1)c1cnn2cc(Br)cnc12. The zero-order valence-electron chi connectivity index (χ0n) is 15.4. The Morgan fingerprint density at radius 1 is 1.04 bits per heavy atom. The Labute approximate surface area is 170 Å². The molecule has 144 valence electrons. The molecule has 28 heavy (non-hydrogen) atoms. The van der Waals surface area contributed by atoms with E-state index in [-0.39, 0.29) is 11.4 Å². The van der Waals surface area contributed by atoms with Gasteiger partial charge in [-0.3, -0.25) is 9.48 Å². The minimum Gasteiger partial charge on any atom is -0.319 e. The molecular weight excluding hydrogens is 420 g/mol. The van der Waals surface area contributed by atoms with Gasteiger partial charge in [0.2, 0.25) is 0 Å². The van der Waals surface area contributed by atoms with Gasteiger partial charge in [-0.1, -0.05) is 0 Å². The van der Waals surface area contributed by atoms with Crippen molar-refractivity contribution in [2.24, 2.45) is 17.8 Å². The van der Waals surface area contributed by atoms with Crippen LogP contribution < -0.4 is 5.32 Å². The van der Waals surface area contributed by atoms with Crippen molar-refractivity contribution in [1.82, 2.24) is 24.4 Å². The van der Waals surface area contributed by atoms with E-state index in [0.29, 0.717) is 11.2 Å². The van der Waals surface area contributed by atoms with Gasteiger partial charge >= 0.3 is 0 Å². The van der Waals surface area contributed by atoms with Gasteiger partial charge < -0.3 is 5.32 Å². The Hall–Kier alpha value is -2.22. The molecule has 4 saturated carbocycles. The topological polar surface area (TPSA) is 77.1 Å². The van der Waals surface area contributed by atoms with Gasteiger partial charge in [-0.05, 0) is 72.2 Å². The van der Waals surface area contributed by atoms with Crippen LogP contribution in [0.2, 0.25) is 0 Å². The second-order valence-corrected chi connectivity index (χ2v) is 9.78. The number of aromatic nitrogens is 5. The first-order chi connectivity index (χ1) is 13.6. The van der Waals surface area contributed by atoms with Crippen LogP contribution in [0.1, 0.15) is 48.9 Å². The molecule has 1 N–H and O–H groups in total. The Balaban J connectivity index is 1.26. The fourth-order valence-corrected chi connectivity index (χ4v) is 6.50. The third-order valence-electron chi connectivity index (χ3n) is 6.90. The highest BCUT2D eigenvalue weighted by Gasteiger charge is 2.52. The smallest absolute Gasteiger partial charge is 0.261 e. The summed E-state index contributed by atoms with van der Waals surface area (Å²) in [6, 6.07) is 0. The van der Waals surface area contributed by atoms with Gasteiger partial charge in [0.15, 0.2) is 5.65 Å². The molecule has 4 bridgehead atoms. The first kappa shape index (κ1) is 16.7. The highest BCUT2D eigenvalue weighted by atomic mass is 79.9. The first-order valence-corrected chi connectivity index (χ1v) is 10.7. The monoisotopic (exact) mass is 440 g/mol. The Morgan fingerprint density at radius 3 is 2.46 bits per heavy atom. The summed E-state index contributed by atoms with van der Waals surface area (Å²) in [6.07, 6.45) is 16.7. The summed E-state index contributed by atoms with van der Waals surface area (Å²) in [5, 5.41) is 11.9. The van der Waals surface area contributed by atoms with Crippen LogP contribution >= 0.6 is 15.9 Å². The molecule has 4 aliphatic rings. The van der Waals surface area contributed by atoms with Crippen molar-refractivity contribution in [1.29, 1.82) is 0 Å². The van der Waals surface area contributed by atoms with E-state index in [9.17, 15) is 4.79 Å². The number of nitrogens with zero attached hydrogens (tertiary/aromatic N) is 5. The standard InChI is InChI=1S/C20H21BrN6O/c21-15-7-22-18-17(9-23-26(18)10-15)19(28)25-16-8-24-27(11-16)20-4-12-1-13(5-20)3-14(2-12)6-20/h7-14H,1-6H2,(H,25,28). The number of carbonyl (C=O) groups excluding carboxylic acids is 1. The van der Waals surface area contributed by atoms with E-state index in [2.05, 4.69) is 41.1 Å². The van der Waals surface area contributed by atoms with Gasteiger partial charge in [-0.2, -0.15) is 10.2 Å². The maximum Gasteiger partial charge on any atom is 0.261 e. The van der Waals surface area contributed by atoms with Gasteiger partial charge in [0.1, 0.15) is 5.56 Å². The van der Waals surface area contributed by atoms with Crippen molar-refractivity contribution in [2.75, 3.05) is 5.32 Å². The number of rotatable bonds is 3. The van der Waals surface area contributed by atoms with Gasteiger partial charge in [-0.25, -0.2) is 9.50 Å². The molecular formula is C20H21BrN6O. The predicted molar refractivity (Wildman–Crippen MR) is 107 cm³/mol. The molecule has 0 saturated heterocycles. The fourth-order valence-electron chi connectivity index (χ4n) is 6.20. The van der Waals surface area contributed by atoms with E-state index < -0.39 is 0 Å². The molecule has 0 atom stereocenters. The minimum absolute atomic E-state index is 0.163. The summed E-state index contributed by atoms with van der Waals surface area (Å²) in [7, 11) is 0. The van der Waals surface area contributed by atoms with E-state index in [1.165, 1.54) is 38.5 Å². The number of hydrogen-bond donors (Lipinski definition) is 1. The van der Waals surface area contributed by atoms with Crippen molar-refractivity contribution in [3.8, 4) is 0 Å². The van der Waals surface area contributed by atoms with E-state index in [0.717, 1.165) is 27.9 Å². The van der Waals surface area contributed by atoms with Crippen molar-refractivity contribution in [3.63, 3.8) is 0 Å². The summed E-state index contributed by atoms with van der Waals surface area (Å²) in [6.45, 7) is 0. The van der Waals surface area contributed by atoms with Crippen molar-refractivity contribution < 1.29 is 4.79 Å². The number of halogens is 1. The van der Waals surface area contributed by atoms with Crippen molar-refractivity contribution >= 4 is 33.2 Å². The number of anilines is 1. The minimum atomic E-state index is -0.213. The maximum absolute atomic E-state index is 12.8. The second kappa shape index (κ2) is 5.89. The quantitative estimate of drug-likeness (QED) is 0.670. The predicted octanol–water partition coefficient (Wildman–Crippen LogP) is 3.87. The highest BCUT2D eigenvalue weighted by molar-refractivity contribution is 9.10. The molecule has 0 unspecified atom stereocenters. The lowest BCUT2D eigenvalue weighted by atomic mass is 9.53. The largest absolute Gasteiger partial charge is 0.319 e. The van der Waals surface area contributed by atoms with Crippen LogP contribution in [0.25, 0.3) is 5.65 Å². The molecule has 8 heteroatoms. The lowest BCUT2D eigenvalue weighted by Crippen LogP contribution is -2.52. The summed E-state index contributed by atoms with van der Waals surface area (Å²) >= 11 is 3.37. The van der Waals surface area contributed by atoms with Crippen LogP contribution in [0.15, 0.2) is 35.5 Å². The third-order valence-corrected chi connectivity index (χ3v) is 7.31. The van der Waals surface area contributed by atoms with Crippen LogP contribution in [-0.4, -0.2) is 30.3 Å². The van der Waals surface area contributed by atoms with E-state index in [4.69, 9.17) is 0 Å². The molecule has 3 aromatic rings. The van der Waals surface area contributed by atoms with E-state index in [1.54, 1.807) is 29.3 Å². The van der Waals surface area contributed by atoms with Crippen LogP contribution in [0.5, 0.6) is 0 Å². The average Bonchev–Trinajstić information content (AvgIpc) is 3.27. The number of hydrogen-bond acceptors (Lipinski definition) is 4. The molecule has 0 aliphatic heterocycles. The van der Waals surface area contributed by atoms with Crippen molar-refractivity contribution in [3.05, 3.63) is 41.0 Å². The van der Waals surface area contributed by atoms with E-state index in [1.807, 2.05) is 6.20 Å². The number of nitrogens with one attached hydrogen (secondary N) is 1. The Bertz CT molecular complexity index is 1050. The summed E-state index contributed by atoms with van der Waals surface area (Å²) in [4.78, 5) is 17.1. The molecule has 0 aromatic carbocycles. The summed E-state index contributed by atoms with van der Waals surface area (Å²) in [5.74, 6) is 2.36. The van der Waals surface area contributed by atoms with Crippen molar-refractivity contribution in [2.45, 2.75) is 44.1 Å². The molecule has 7 nitrogen and oxygen atoms in total. The normalized spacial score (nSPS) is 30.8. The molecule has 4 aliphatic carbocycles. The second-order valence-electron chi connectivity index (χ2n) is 8.87. The average molecular weight is 441 g/mol. The Kier molecular flexibility index (Phi) is 3.51. The fraction of sp³-hybridized carbons (Fsp3) is 0.500. The third kappa shape index (κ3) is 2.53. The lowest BCUT2D eigenvalue weighted by Gasteiger charge is -2.56. The summed E-state index contributed by atoms with van der Waals surface area (Å²) < 4.78 is 4.56. The maximum atomic E-state index is 12.8. The van der Waals surface area contributed by atoms with Gasteiger partial charge in [0, 0.05) is 18.6 Å². The van der Waals surface area contributed by atoms with Crippen LogP contribution in [0.4, 0.5) is 5.69 Å². The van der Waals surface area contributed by atoms with Crippen LogP contribution in [0.3, 0.4) is 0 Å². The zero-order chi connectivity index (χ0) is 18.9. The highest BCUT2D eigenvalue weighted by Crippen LogP contribution is 2.58. The zero-order valence-corrected chi connectivity index (χ0v) is 17.0. The summed E-state index contributed by atoms with van der Waals surface area (Å²) in [5.41, 5.74) is 1.89. The Morgan fingerprint density at radius 2 is 1.75 bits per heavy atom. The molecule has 0 spiro atoms. The first-order valence-electron chi connectivity index (χ1n) is 9.93. The molecule has 3 aromatic heterocycles. The van der Waals surface area contributed by atoms with Gasteiger partial charge in [0.25, 0.3) is 5.91 Å². The van der Waals surface area contributed by atoms with Crippen LogP contribution in [0, 0.1) is 17.8 Å². The molecule has 0 radical (unpaired) electrons. The van der Waals surface area contributed by atoms with Crippen LogP contribution in [-0.2, 0) is 5.54 Å². The number of amides is 1. The lowest BCUT2D eigenvalue weighted by molar-refractivity contribution is -0.0493. The van der Waals surface area contributed by atoms with Gasteiger partial charge in [0.05, 0.1) is 28.1 Å². The molecule has 1 amide bonds. The molecule has 7 rings (SSSR count). The number of fused-ring (bicyclic) bond motifs is 1. The molecule has 4 fully saturated rings. The molecule has 3 heterocycles.